The van der Waals surface area contributed by atoms with Crippen molar-refractivity contribution in [1.29, 1.82) is 0 Å². The van der Waals surface area contributed by atoms with E-state index in [4.69, 9.17) is 9.15 Å². The molecule has 7 nitrogen and oxygen atoms in total. The number of benzene rings is 2. The van der Waals surface area contributed by atoms with Gasteiger partial charge in [-0.15, -0.1) is 0 Å². The number of likely N-dealkylation sites (tertiary alicyclic amines) is 1. The molecule has 2 aromatic carbocycles. The van der Waals surface area contributed by atoms with Gasteiger partial charge in [0.05, 0.1) is 25.7 Å². The molecule has 0 radical (unpaired) electrons. The highest BCUT2D eigenvalue weighted by molar-refractivity contribution is 5.87. The Morgan fingerprint density at radius 2 is 1.76 bits per heavy atom. The molecule has 1 amide bonds. The maximum Gasteiger partial charge on any atom is 0.326 e. The maximum absolute atomic E-state index is 14.3. The van der Waals surface area contributed by atoms with Crippen molar-refractivity contribution in [2.45, 2.75) is 77.5 Å². The van der Waals surface area contributed by atoms with E-state index < -0.39 is 23.5 Å². The van der Waals surface area contributed by atoms with Crippen molar-refractivity contribution in [1.82, 2.24) is 10.2 Å². The first-order valence-electron chi connectivity index (χ1n) is 14.7. The van der Waals surface area contributed by atoms with Gasteiger partial charge < -0.3 is 24.5 Å². The smallest absolute Gasteiger partial charge is 0.326 e. The minimum absolute atomic E-state index is 0.0240. The molecule has 7 heteroatoms. The second-order valence-corrected chi connectivity index (χ2v) is 12.6. The molecule has 0 unspecified atom stereocenters. The summed E-state index contributed by atoms with van der Waals surface area (Å²) in [4.78, 5) is 29.1. The van der Waals surface area contributed by atoms with Crippen LogP contribution in [0.2, 0.25) is 0 Å². The predicted octanol–water partition coefficient (Wildman–Crippen LogP) is 6.69. The number of ether oxygens (including phenoxy) is 1. The highest BCUT2D eigenvalue weighted by Crippen LogP contribution is 2.49. The third-order valence-corrected chi connectivity index (χ3v) is 8.93. The van der Waals surface area contributed by atoms with Crippen LogP contribution in [0.4, 0.5) is 0 Å². The van der Waals surface area contributed by atoms with E-state index in [1.54, 1.807) is 24.5 Å². The molecule has 4 atom stereocenters. The van der Waals surface area contributed by atoms with E-state index in [-0.39, 0.29) is 23.8 Å². The van der Waals surface area contributed by atoms with Crippen LogP contribution in [0, 0.1) is 17.3 Å². The Morgan fingerprint density at radius 3 is 2.37 bits per heavy atom. The van der Waals surface area contributed by atoms with Gasteiger partial charge in [-0.3, -0.25) is 4.79 Å². The molecule has 1 saturated carbocycles. The normalized spacial score (nSPS) is 23.5. The predicted molar refractivity (Wildman–Crippen MR) is 158 cm³/mol. The van der Waals surface area contributed by atoms with Gasteiger partial charge in [-0.2, -0.15) is 0 Å². The number of carboxylic acid groups (broad SMARTS) is 1. The zero-order valence-electron chi connectivity index (χ0n) is 24.5. The molecule has 5 rings (SSSR count). The Labute approximate surface area is 242 Å². The minimum atomic E-state index is -0.946. The fourth-order valence-electron chi connectivity index (χ4n) is 7.04. The van der Waals surface area contributed by atoms with Gasteiger partial charge in [-0.05, 0) is 47.6 Å². The van der Waals surface area contributed by atoms with Crippen LogP contribution in [0.15, 0.2) is 71.5 Å². The summed E-state index contributed by atoms with van der Waals surface area (Å²) >= 11 is 0. The van der Waals surface area contributed by atoms with Crippen LogP contribution in [-0.4, -0.2) is 41.1 Å². The Kier molecular flexibility index (Phi) is 8.55. The summed E-state index contributed by atoms with van der Waals surface area (Å²) < 4.78 is 11.0. The topological polar surface area (TPSA) is 92.0 Å². The number of nitrogens with one attached hydrogen (secondary N) is 1. The summed E-state index contributed by atoms with van der Waals surface area (Å²) in [6, 6.07) is 16.2. The number of aliphatic carboxylic acids is 1. The first-order chi connectivity index (χ1) is 19.7. The molecule has 1 saturated heterocycles. The SMILES string of the molecule is COc1ccc(-c2ccoc2)cc1CN[C@H]1[C@H](C(C)(C)C)[C@@H](C(=O)O)N(C(=O)C2CCCCC2)[C@H]1c1ccccc1. The van der Waals surface area contributed by atoms with Crippen LogP contribution in [0.1, 0.15) is 70.0 Å². The summed E-state index contributed by atoms with van der Waals surface area (Å²) in [5.41, 5.74) is 3.49. The fraction of sp³-hybridized carbons (Fsp3) is 0.471. The van der Waals surface area contributed by atoms with E-state index in [1.807, 2.05) is 48.5 Å². The number of rotatable bonds is 8. The summed E-state index contributed by atoms with van der Waals surface area (Å²) in [6.07, 6.45) is 8.15. The number of carbonyl (C=O) groups is 2. The van der Waals surface area contributed by atoms with E-state index in [9.17, 15) is 14.7 Å². The number of methoxy groups -OCH3 is 1. The fourth-order valence-corrected chi connectivity index (χ4v) is 7.04. The standard InChI is InChI=1S/C34H42N2O5/c1-34(2,3)28-29(35-20-26-19-24(15-16-27(26)40-4)25-17-18-41-21-25)30(22-11-7-5-8-12-22)36(31(28)33(38)39)32(37)23-13-9-6-10-14-23/h5,7-8,11-12,15-19,21,23,28-31,35H,6,9-10,13-14,20H2,1-4H3,(H,38,39)/t28-,29-,30-,31-/m0/s1. The molecule has 0 bridgehead atoms. The zero-order valence-corrected chi connectivity index (χ0v) is 24.5. The first-order valence-corrected chi connectivity index (χ1v) is 14.7. The summed E-state index contributed by atoms with van der Waals surface area (Å²) in [5.74, 6) is -0.692. The second-order valence-electron chi connectivity index (χ2n) is 12.6. The largest absolute Gasteiger partial charge is 0.496 e. The molecule has 1 aliphatic carbocycles. The molecule has 41 heavy (non-hydrogen) atoms. The van der Waals surface area contributed by atoms with Crippen LogP contribution in [-0.2, 0) is 16.1 Å². The maximum atomic E-state index is 14.3. The molecule has 2 heterocycles. The van der Waals surface area contributed by atoms with Crippen LogP contribution >= 0.6 is 0 Å². The van der Waals surface area contributed by atoms with Crippen LogP contribution < -0.4 is 10.1 Å². The Bertz CT molecular complexity index is 1320. The van der Waals surface area contributed by atoms with E-state index in [0.29, 0.717) is 6.54 Å². The van der Waals surface area contributed by atoms with Gasteiger partial charge in [-0.1, -0.05) is 76.4 Å². The quantitative estimate of drug-likeness (QED) is 0.320. The molecule has 1 aromatic heterocycles. The zero-order chi connectivity index (χ0) is 29.1. The Hall–Kier alpha value is -3.58. The summed E-state index contributed by atoms with van der Waals surface area (Å²) in [5, 5.41) is 14.5. The second kappa shape index (κ2) is 12.1. The van der Waals surface area contributed by atoms with Gasteiger partial charge >= 0.3 is 5.97 Å². The van der Waals surface area contributed by atoms with E-state index in [2.05, 4.69) is 32.2 Å². The van der Waals surface area contributed by atoms with Crippen LogP contribution in [0.25, 0.3) is 11.1 Å². The minimum Gasteiger partial charge on any atom is -0.496 e. The summed E-state index contributed by atoms with van der Waals surface area (Å²) in [6.45, 7) is 6.70. The molecule has 1 aliphatic heterocycles. The lowest BCUT2D eigenvalue weighted by Gasteiger charge is -2.36. The van der Waals surface area contributed by atoms with Crippen molar-refractivity contribution >= 4 is 11.9 Å². The van der Waals surface area contributed by atoms with Crippen LogP contribution in [0.3, 0.4) is 0 Å². The highest BCUT2D eigenvalue weighted by atomic mass is 16.5. The first kappa shape index (κ1) is 28.9. The van der Waals surface area contributed by atoms with Crippen molar-refractivity contribution in [2.24, 2.45) is 17.3 Å². The Morgan fingerprint density at radius 1 is 1.02 bits per heavy atom. The molecule has 3 aromatic rings. The van der Waals surface area contributed by atoms with E-state index in [0.717, 1.165) is 60.1 Å². The van der Waals surface area contributed by atoms with Crippen LogP contribution in [0.5, 0.6) is 5.75 Å². The molecule has 2 aliphatic rings. The lowest BCUT2D eigenvalue weighted by Crippen LogP contribution is -2.49. The lowest BCUT2D eigenvalue weighted by atomic mass is 9.72. The number of furan rings is 1. The van der Waals surface area contributed by atoms with Crippen molar-refractivity contribution in [3.8, 4) is 16.9 Å². The van der Waals surface area contributed by atoms with Gasteiger partial charge in [0.1, 0.15) is 11.8 Å². The third-order valence-electron chi connectivity index (χ3n) is 8.93. The number of hydrogen-bond donors (Lipinski definition) is 2. The molecule has 0 spiro atoms. The molecule has 2 N–H and O–H groups in total. The van der Waals surface area contributed by atoms with Gasteiger partial charge in [0.25, 0.3) is 0 Å². The molecular weight excluding hydrogens is 516 g/mol. The van der Waals surface area contributed by atoms with Gasteiger partial charge in [0.15, 0.2) is 0 Å². The average Bonchev–Trinajstić information content (AvgIpc) is 3.63. The number of amides is 1. The van der Waals surface area contributed by atoms with Crippen molar-refractivity contribution in [3.05, 3.63) is 78.3 Å². The van der Waals surface area contributed by atoms with E-state index >= 15 is 0 Å². The Balaban J connectivity index is 1.57. The average molecular weight is 559 g/mol. The number of nitrogens with zero attached hydrogens (tertiary/aromatic N) is 1. The molecular formula is C34H42N2O5. The third kappa shape index (κ3) is 5.91. The van der Waals surface area contributed by atoms with E-state index in [1.165, 1.54) is 0 Å². The summed E-state index contributed by atoms with van der Waals surface area (Å²) in [7, 11) is 1.65. The lowest BCUT2D eigenvalue weighted by molar-refractivity contribution is -0.154. The highest BCUT2D eigenvalue weighted by Gasteiger charge is 2.58. The monoisotopic (exact) mass is 558 g/mol. The van der Waals surface area contributed by atoms with Crippen molar-refractivity contribution in [2.75, 3.05) is 7.11 Å². The van der Waals surface area contributed by atoms with Crippen molar-refractivity contribution < 1.29 is 23.8 Å². The number of carbonyl (C=O) groups excluding carboxylic acids is 1. The molecule has 2 fully saturated rings. The molecule has 218 valence electrons. The van der Waals surface area contributed by atoms with Gasteiger partial charge in [0.2, 0.25) is 5.91 Å². The number of carboxylic acids is 1. The van der Waals surface area contributed by atoms with Gasteiger partial charge in [-0.25, -0.2) is 4.79 Å². The number of hydrogen-bond acceptors (Lipinski definition) is 5. The van der Waals surface area contributed by atoms with Crippen molar-refractivity contribution in [3.63, 3.8) is 0 Å². The van der Waals surface area contributed by atoms with Gasteiger partial charge in [0, 0.05) is 35.5 Å².